The first-order valence-corrected chi connectivity index (χ1v) is 10.1. The van der Waals surface area contributed by atoms with Crippen LogP contribution in [0.1, 0.15) is 33.6 Å². The number of nitrogens with zero attached hydrogens (tertiary/aromatic N) is 3. The summed E-state index contributed by atoms with van der Waals surface area (Å²) in [6, 6.07) is 12.4. The molecule has 0 fully saturated rings. The molecule has 31 heavy (non-hydrogen) atoms. The van der Waals surface area contributed by atoms with Crippen molar-refractivity contribution in [3.8, 4) is 5.69 Å². The molecule has 0 saturated carbocycles. The Morgan fingerprint density at radius 1 is 1.16 bits per heavy atom. The zero-order valence-corrected chi connectivity index (χ0v) is 18.5. The first-order valence-electron chi connectivity index (χ1n) is 9.68. The number of benzene rings is 2. The van der Waals surface area contributed by atoms with E-state index in [2.05, 4.69) is 10.5 Å². The van der Waals surface area contributed by atoms with Gasteiger partial charge in [0.15, 0.2) is 0 Å². The Labute approximate surface area is 185 Å². The number of rotatable bonds is 6. The lowest BCUT2D eigenvalue weighted by Crippen LogP contribution is -2.20. The summed E-state index contributed by atoms with van der Waals surface area (Å²) in [6.07, 6.45) is 1.78. The van der Waals surface area contributed by atoms with E-state index >= 15 is 0 Å². The number of halogens is 1. The van der Waals surface area contributed by atoms with E-state index in [1.165, 1.54) is 6.07 Å². The van der Waals surface area contributed by atoms with Gasteiger partial charge in [-0.3, -0.25) is 14.9 Å². The molecule has 0 atom stereocenters. The standard InChI is InChI=1S/C23H23ClN4O3/c1-14-5-6-18(15(2)9-14)11-23(29)26-25-13-19-10-16(3)27(17(19)4)21-8-7-20(24)12-22(21)28(30)31/h5-10,12-13H,11H2,1-4H3,(H,26,29)/b25-13+. The molecule has 0 bridgehead atoms. The van der Waals surface area contributed by atoms with Gasteiger partial charge >= 0.3 is 0 Å². The van der Waals surface area contributed by atoms with Crippen LogP contribution in [-0.2, 0) is 11.2 Å². The highest BCUT2D eigenvalue weighted by Crippen LogP contribution is 2.30. The van der Waals surface area contributed by atoms with E-state index in [9.17, 15) is 14.9 Å². The number of aromatic nitrogens is 1. The molecular weight excluding hydrogens is 416 g/mol. The highest BCUT2D eigenvalue weighted by Gasteiger charge is 2.20. The molecule has 1 amide bonds. The number of nitrogens with one attached hydrogen (secondary N) is 1. The van der Waals surface area contributed by atoms with Crippen LogP contribution in [-0.4, -0.2) is 21.6 Å². The average molecular weight is 439 g/mol. The highest BCUT2D eigenvalue weighted by atomic mass is 35.5. The largest absolute Gasteiger partial charge is 0.312 e. The molecule has 1 aromatic heterocycles. The number of aryl methyl sites for hydroxylation is 3. The summed E-state index contributed by atoms with van der Waals surface area (Å²) in [5.41, 5.74) is 8.35. The zero-order valence-electron chi connectivity index (χ0n) is 17.8. The Morgan fingerprint density at radius 2 is 1.90 bits per heavy atom. The van der Waals surface area contributed by atoms with Gasteiger partial charge in [0, 0.05) is 28.0 Å². The molecule has 0 spiro atoms. The first-order chi connectivity index (χ1) is 14.7. The molecule has 7 nitrogen and oxygen atoms in total. The van der Waals surface area contributed by atoms with Crippen molar-refractivity contribution in [2.75, 3.05) is 0 Å². The van der Waals surface area contributed by atoms with Crippen LogP contribution in [0.3, 0.4) is 0 Å². The van der Waals surface area contributed by atoms with Gasteiger partial charge < -0.3 is 4.57 Å². The highest BCUT2D eigenvalue weighted by molar-refractivity contribution is 6.30. The summed E-state index contributed by atoms with van der Waals surface area (Å²) in [7, 11) is 0. The van der Waals surface area contributed by atoms with Crippen LogP contribution in [0.5, 0.6) is 0 Å². The molecule has 2 aromatic carbocycles. The number of hydrazone groups is 1. The third-order valence-electron chi connectivity index (χ3n) is 5.09. The fourth-order valence-corrected chi connectivity index (χ4v) is 3.72. The van der Waals surface area contributed by atoms with E-state index in [1.54, 1.807) is 22.9 Å². The molecule has 0 saturated heterocycles. The van der Waals surface area contributed by atoms with Crippen LogP contribution in [0.25, 0.3) is 5.69 Å². The molecule has 0 aliphatic heterocycles. The van der Waals surface area contributed by atoms with E-state index in [4.69, 9.17) is 11.6 Å². The van der Waals surface area contributed by atoms with E-state index < -0.39 is 4.92 Å². The molecule has 8 heteroatoms. The Balaban J connectivity index is 1.79. The predicted molar refractivity (Wildman–Crippen MR) is 122 cm³/mol. The average Bonchev–Trinajstić information content (AvgIpc) is 2.97. The van der Waals surface area contributed by atoms with Crippen LogP contribution >= 0.6 is 11.6 Å². The summed E-state index contributed by atoms with van der Waals surface area (Å²) in [5, 5.41) is 15.8. The van der Waals surface area contributed by atoms with Crippen LogP contribution in [0.4, 0.5) is 5.69 Å². The Bertz CT molecular complexity index is 1200. The van der Waals surface area contributed by atoms with Gasteiger partial charge in [-0.05, 0) is 57.0 Å². The van der Waals surface area contributed by atoms with Crippen molar-refractivity contribution in [3.05, 3.63) is 91.2 Å². The van der Waals surface area contributed by atoms with E-state index in [1.807, 2.05) is 52.0 Å². The Kier molecular flexibility index (Phi) is 6.56. The fraction of sp³-hybridized carbons (Fsp3) is 0.217. The summed E-state index contributed by atoms with van der Waals surface area (Å²) in [5.74, 6) is -0.217. The van der Waals surface area contributed by atoms with Crippen molar-refractivity contribution in [1.82, 2.24) is 9.99 Å². The summed E-state index contributed by atoms with van der Waals surface area (Å²) >= 11 is 5.93. The quantitative estimate of drug-likeness (QED) is 0.335. The summed E-state index contributed by atoms with van der Waals surface area (Å²) in [4.78, 5) is 23.3. The van der Waals surface area contributed by atoms with Crippen molar-refractivity contribution in [1.29, 1.82) is 0 Å². The van der Waals surface area contributed by atoms with Crippen molar-refractivity contribution in [2.24, 2.45) is 5.10 Å². The maximum atomic E-state index is 12.3. The third kappa shape index (κ3) is 5.00. The maximum Gasteiger partial charge on any atom is 0.294 e. The molecule has 0 aliphatic rings. The van der Waals surface area contributed by atoms with E-state index in [0.717, 1.165) is 33.6 Å². The van der Waals surface area contributed by atoms with Crippen LogP contribution in [0, 0.1) is 37.8 Å². The molecule has 160 valence electrons. The zero-order chi connectivity index (χ0) is 22.7. The van der Waals surface area contributed by atoms with Crippen molar-refractivity contribution >= 4 is 29.4 Å². The number of hydrogen-bond acceptors (Lipinski definition) is 4. The fourth-order valence-electron chi connectivity index (χ4n) is 3.55. The lowest BCUT2D eigenvalue weighted by atomic mass is 10.0. The van der Waals surface area contributed by atoms with Gasteiger partial charge in [0.1, 0.15) is 5.69 Å². The van der Waals surface area contributed by atoms with Gasteiger partial charge in [0.05, 0.1) is 17.6 Å². The SMILES string of the molecule is Cc1ccc(CC(=O)N/N=C/c2cc(C)n(-c3ccc(Cl)cc3[N+](=O)[O-])c2C)c(C)c1. The second-order valence-electron chi connectivity index (χ2n) is 7.45. The van der Waals surface area contributed by atoms with E-state index in [0.29, 0.717) is 10.7 Å². The molecule has 0 unspecified atom stereocenters. The van der Waals surface area contributed by atoms with Gasteiger partial charge in [-0.25, -0.2) is 5.43 Å². The van der Waals surface area contributed by atoms with Gasteiger partial charge in [0.2, 0.25) is 5.91 Å². The lowest BCUT2D eigenvalue weighted by Gasteiger charge is -2.10. The summed E-state index contributed by atoms with van der Waals surface area (Å²) in [6.45, 7) is 7.67. The van der Waals surface area contributed by atoms with Crippen molar-refractivity contribution < 1.29 is 9.72 Å². The van der Waals surface area contributed by atoms with Crippen LogP contribution in [0.15, 0.2) is 47.6 Å². The Hall–Kier alpha value is -3.45. The number of amides is 1. The van der Waals surface area contributed by atoms with Crippen LogP contribution in [0.2, 0.25) is 5.02 Å². The van der Waals surface area contributed by atoms with Gasteiger partial charge in [0.25, 0.3) is 5.69 Å². The molecule has 0 aliphatic carbocycles. The number of carbonyl (C=O) groups excluding carboxylic acids is 1. The number of nitro groups is 1. The monoisotopic (exact) mass is 438 g/mol. The lowest BCUT2D eigenvalue weighted by molar-refractivity contribution is -0.384. The molecule has 3 aromatic rings. The number of nitro benzene ring substituents is 1. The minimum atomic E-state index is -0.457. The smallest absolute Gasteiger partial charge is 0.294 e. The minimum absolute atomic E-state index is 0.0837. The second-order valence-corrected chi connectivity index (χ2v) is 7.89. The molecule has 3 rings (SSSR count). The van der Waals surface area contributed by atoms with Gasteiger partial charge in [-0.2, -0.15) is 5.10 Å². The minimum Gasteiger partial charge on any atom is -0.312 e. The maximum absolute atomic E-state index is 12.3. The number of hydrogen-bond donors (Lipinski definition) is 1. The molecule has 1 heterocycles. The topological polar surface area (TPSA) is 89.5 Å². The van der Waals surface area contributed by atoms with E-state index in [-0.39, 0.29) is 18.0 Å². The molecule has 0 radical (unpaired) electrons. The van der Waals surface area contributed by atoms with Crippen molar-refractivity contribution in [3.63, 3.8) is 0 Å². The third-order valence-corrected chi connectivity index (χ3v) is 5.32. The summed E-state index contributed by atoms with van der Waals surface area (Å²) < 4.78 is 1.77. The second kappa shape index (κ2) is 9.14. The normalized spacial score (nSPS) is 11.1. The predicted octanol–water partition coefficient (Wildman–Crippen LogP) is 4.97. The Morgan fingerprint density at radius 3 is 2.58 bits per heavy atom. The van der Waals surface area contributed by atoms with Gasteiger partial charge in [-0.15, -0.1) is 0 Å². The molecule has 1 N–H and O–H groups in total. The van der Waals surface area contributed by atoms with Crippen molar-refractivity contribution in [2.45, 2.75) is 34.1 Å². The molecular formula is C23H23ClN4O3. The first kappa shape index (κ1) is 22.2. The van der Waals surface area contributed by atoms with Gasteiger partial charge in [-0.1, -0.05) is 35.4 Å². The number of carbonyl (C=O) groups is 1. The van der Waals surface area contributed by atoms with Crippen LogP contribution < -0.4 is 5.43 Å².